The van der Waals surface area contributed by atoms with Crippen LogP contribution in [0.3, 0.4) is 0 Å². The van der Waals surface area contributed by atoms with E-state index in [-0.39, 0.29) is 18.6 Å². The first kappa shape index (κ1) is 15.2. The Morgan fingerprint density at radius 1 is 1.45 bits per heavy atom. The van der Waals surface area contributed by atoms with Crippen LogP contribution in [-0.4, -0.2) is 46.7 Å². The summed E-state index contributed by atoms with van der Waals surface area (Å²) in [7, 11) is -1.90. The van der Waals surface area contributed by atoms with Gasteiger partial charge in [-0.05, 0) is 0 Å². The van der Waals surface area contributed by atoms with E-state index in [2.05, 4.69) is 4.98 Å². The largest absolute Gasteiger partial charge is 0.394 e. The fourth-order valence-electron chi connectivity index (χ4n) is 2.28. The summed E-state index contributed by atoms with van der Waals surface area (Å²) in [6, 6.07) is 0. The minimum atomic E-state index is -1.90. The zero-order valence-electron chi connectivity index (χ0n) is 11.8. The van der Waals surface area contributed by atoms with Crippen LogP contribution < -0.4 is 16.4 Å². The summed E-state index contributed by atoms with van der Waals surface area (Å²) in [6.45, 7) is 5.71. The molecule has 3 unspecified atom stereocenters. The third-order valence-electron chi connectivity index (χ3n) is 3.47. The Kier molecular flexibility index (Phi) is 4.01. The van der Waals surface area contributed by atoms with Crippen molar-refractivity contribution >= 4 is 13.3 Å². The molecule has 1 fully saturated rings. The number of hydrogen-bond acceptors (Lipinski definition) is 5. The van der Waals surface area contributed by atoms with Crippen molar-refractivity contribution in [3.05, 3.63) is 27.0 Å². The normalized spacial score (nSPS) is 26.9. The Bertz CT molecular complexity index is 603. The molecule has 1 aromatic rings. The maximum Gasteiger partial charge on any atom is 0.330 e. The first-order valence-corrected chi connectivity index (χ1v) is 10.0. The molecule has 0 amide bonds. The molecule has 0 aromatic carbocycles. The molecule has 8 heteroatoms. The highest BCUT2D eigenvalue weighted by atomic mass is 28.3. The van der Waals surface area contributed by atoms with Gasteiger partial charge >= 0.3 is 5.69 Å². The van der Waals surface area contributed by atoms with Gasteiger partial charge in [0.15, 0.2) is 0 Å². The Hall–Kier alpha value is -1.22. The minimum Gasteiger partial charge on any atom is -0.394 e. The van der Waals surface area contributed by atoms with E-state index in [9.17, 15) is 14.7 Å². The number of rotatable bonds is 3. The molecule has 2 rings (SSSR count). The molecule has 0 bridgehead atoms. The summed E-state index contributed by atoms with van der Waals surface area (Å²) in [4.78, 5) is 26.1. The predicted molar refractivity (Wildman–Crippen MR) is 75.9 cm³/mol. The number of nitrogens with zero attached hydrogens (tertiary/aromatic N) is 1. The van der Waals surface area contributed by atoms with Crippen LogP contribution >= 0.6 is 0 Å². The molecular formula is C12H20N2O5Si. The number of ether oxygens (including phenoxy) is 1. The Labute approximate surface area is 116 Å². The molecule has 1 aromatic heterocycles. The van der Waals surface area contributed by atoms with Crippen molar-refractivity contribution in [1.29, 1.82) is 0 Å². The third kappa shape index (κ3) is 2.78. The summed E-state index contributed by atoms with van der Waals surface area (Å²) >= 11 is 0. The van der Waals surface area contributed by atoms with Crippen molar-refractivity contribution in [2.24, 2.45) is 0 Å². The van der Waals surface area contributed by atoms with Crippen molar-refractivity contribution in [3.8, 4) is 0 Å². The van der Waals surface area contributed by atoms with Crippen LogP contribution in [0.1, 0.15) is 12.6 Å². The first-order valence-electron chi connectivity index (χ1n) is 6.54. The molecule has 20 heavy (non-hydrogen) atoms. The van der Waals surface area contributed by atoms with Crippen molar-refractivity contribution in [2.75, 3.05) is 6.61 Å². The minimum absolute atomic E-state index is 0.211. The van der Waals surface area contributed by atoms with E-state index in [4.69, 9.17) is 9.84 Å². The molecule has 0 radical (unpaired) electrons. The molecule has 7 nitrogen and oxygen atoms in total. The number of aliphatic hydroxyl groups is 2. The first-order chi connectivity index (χ1) is 9.24. The summed E-state index contributed by atoms with van der Waals surface area (Å²) in [5.41, 5.74) is -0.921. The second-order valence-corrected chi connectivity index (χ2v) is 11.1. The summed E-state index contributed by atoms with van der Waals surface area (Å²) in [5.74, 6) is 0. The van der Waals surface area contributed by atoms with E-state index in [1.54, 1.807) is 0 Å². The lowest BCUT2D eigenvalue weighted by molar-refractivity contribution is -0.0458. The Balaban J connectivity index is 2.43. The molecule has 0 saturated carbocycles. The fourth-order valence-corrected chi connectivity index (χ4v) is 3.55. The quantitative estimate of drug-likeness (QED) is 0.603. The van der Waals surface area contributed by atoms with Crippen LogP contribution in [0.4, 0.5) is 0 Å². The van der Waals surface area contributed by atoms with Gasteiger partial charge in [0.2, 0.25) is 0 Å². The Morgan fingerprint density at radius 3 is 2.60 bits per heavy atom. The van der Waals surface area contributed by atoms with Crippen molar-refractivity contribution in [1.82, 2.24) is 9.55 Å². The number of aromatic nitrogens is 2. The second kappa shape index (κ2) is 5.28. The smallest absolute Gasteiger partial charge is 0.330 e. The summed E-state index contributed by atoms with van der Waals surface area (Å²) in [5, 5.41) is 19.4. The van der Waals surface area contributed by atoms with Crippen LogP contribution in [-0.2, 0) is 4.74 Å². The van der Waals surface area contributed by atoms with Crippen LogP contribution in [0.25, 0.3) is 0 Å². The molecule has 0 spiro atoms. The maximum atomic E-state index is 11.9. The standard InChI is InChI=1S/C12H20N2O5Si/c1-20(2,3)9-5-14(12(18)13-11(9)17)10-4-7(16)8(6-15)19-10/h5,7-8,10,15-16H,4,6H2,1-3H3,(H,13,17,18). The molecule has 2 heterocycles. The lowest BCUT2D eigenvalue weighted by atomic mass is 10.2. The van der Waals surface area contributed by atoms with Gasteiger partial charge in [0.05, 0.1) is 20.8 Å². The summed E-state index contributed by atoms with van der Waals surface area (Å²) in [6.07, 6.45) is -0.442. The molecule has 1 aliphatic heterocycles. The average molecular weight is 300 g/mol. The highest BCUT2D eigenvalue weighted by Crippen LogP contribution is 2.26. The highest BCUT2D eigenvalue weighted by molar-refractivity contribution is 6.88. The van der Waals surface area contributed by atoms with Crippen LogP contribution in [0.2, 0.25) is 19.6 Å². The topological polar surface area (TPSA) is 105 Å². The monoisotopic (exact) mass is 300 g/mol. The molecule has 1 saturated heterocycles. The van der Waals surface area contributed by atoms with Gasteiger partial charge < -0.3 is 14.9 Å². The van der Waals surface area contributed by atoms with Gasteiger partial charge in [-0.15, -0.1) is 0 Å². The van der Waals surface area contributed by atoms with Crippen molar-refractivity contribution in [3.63, 3.8) is 0 Å². The van der Waals surface area contributed by atoms with Crippen LogP contribution in [0.5, 0.6) is 0 Å². The van der Waals surface area contributed by atoms with E-state index >= 15 is 0 Å². The van der Waals surface area contributed by atoms with E-state index in [1.807, 2.05) is 19.6 Å². The summed E-state index contributed by atoms with van der Waals surface area (Å²) < 4.78 is 6.75. The number of H-pyrrole nitrogens is 1. The molecule has 0 aliphatic carbocycles. The zero-order valence-corrected chi connectivity index (χ0v) is 12.8. The average Bonchev–Trinajstić information content (AvgIpc) is 2.68. The van der Waals surface area contributed by atoms with Gasteiger partial charge in [-0.1, -0.05) is 19.6 Å². The SMILES string of the molecule is C[Si](C)(C)c1cn(C2CC(O)C(CO)O2)c(=O)[nH]c1=O. The second-order valence-electron chi connectivity index (χ2n) is 6.07. The van der Waals surface area contributed by atoms with Gasteiger partial charge in [-0.3, -0.25) is 14.3 Å². The van der Waals surface area contributed by atoms with Crippen LogP contribution in [0.15, 0.2) is 15.8 Å². The van der Waals surface area contributed by atoms with Gasteiger partial charge in [0.1, 0.15) is 12.3 Å². The van der Waals surface area contributed by atoms with E-state index in [0.29, 0.717) is 5.19 Å². The number of nitrogens with one attached hydrogen (secondary N) is 1. The fraction of sp³-hybridized carbons (Fsp3) is 0.667. The van der Waals surface area contributed by atoms with E-state index in [0.717, 1.165) is 0 Å². The lowest BCUT2D eigenvalue weighted by Gasteiger charge is -2.19. The number of hydrogen-bond donors (Lipinski definition) is 3. The highest BCUT2D eigenvalue weighted by Gasteiger charge is 2.35. The van der Waals surface area contributed by atoms with Gasteiger partial charge in [-0.2, -0.15) is 0 Å². The molecule has 3 N–H and O–H groups in total. The van der Waals surface area contributed by atoms with Crippen molar-refractivity contribution in [2.45, 2.75) is 44.5 Å². The van der Waals surface area contributed by atoms with Crippen LogP contribution in [0, 0.1) is 0 Å². The molecular weight excluding hydrogens is 280 g/mol. The Morgan fingerprint density at radius 2 is 2.10 bits per heavy atom. The maximum absolute atomic E-state index is 11.9. The number of aromatic amines is 1. The van der Waals surface area contributed by atoms with Gasteiger partial charge in [0, 0.05) is 17.8 Å². The van der Waals surface area contributed by atoms with E-state index < -0.39 is 32.2 Å². The lowest BCUT2D eigenvalue weighted by Crippen LogP contribution is -2.52. The number of aliphatic hydroxyl groups excluding tert-OH is 2. The van der Waals surface area contributed by atoms with Crippen molar-refractivity contribution < 1.29 is 14.9 Å². The van der Waals surface area contributed by atoms with Gasteiger partial charge in [-0.25, -0.2) is 4.79 Å². The van der Waals surface area contributed by atoms with Gasteiger partial charge in [0.25, 0.3) is 5.56 Å². The molecule has 1 aliphatic rings. The molecule has 3 atom stereocenters. The zero-order chi connectivity index (χ0) is 15.1. The third-order valence-corrected chi connectivity index (χ3v) is 5.44. The molecule has 112 valence electrons. The van der Waals surface area contributed by atoms with E-state index in [1.165, 1.54) is 10.8 Å². The predicted octanol–water partition coefficient (Wildman–Crippen LogP) is -1.28.